The SMILES string of the molecule is I.c1ccc(NC(=NCc2nnnn2CC2CC2)N2CCCCC2)cc1. The van der Waals surface area contributed by atoms with Crippen LogP contribution in [-0.2, 0) is 13.1 Å². The van der Waals surface area contributed by atoms with Crippen molar-refractivity contribution in [1.82, 2.24) is 25.1 Å². The van der Waals surface area contributed by atoms with Gasteiger partial charge in [-0.15, -0.1) is 29.1 Å². The van der Waals surface area contributed by atoms with Gasteiger partial charge < -0.3 is 10.2 Å². The Balaban J connectivity index is 0.00000196. The van der Waals surface area contributed by atoms with Crippen LogP contribution in [0, 0.1) is 5.92 Å². The Morgan fingerprint density at radius 2 is 1.88 bits per heavy atom. The van der Waals surface area contributed by atoms with Gasteiger partial charge in [-0.25, -0.2) is 9.67 Å². The summed E-state index contributed by atoms with van der Waals surface area (Å²) in [5, 5.41) is 15.6. The fourth-order valence-corrected chi connectivity index (χ4v) is 3.14. The third-order valence-electron chi connectivity index (χ3n) is 4.79. The van der Waals surface area contributed by atoms with Crippen molar-refractivity contribution in [1.29, 1.82) is 0 Å². The number of aromatic nitrogens is 4. The number of hydrogen-bond donors (Lipinski definition) is 1. The van der Waals surface area contributed by atoms with Crippen LogP contribution in [-0.4, -0.2) is 44.2 Å². The predicted octanol–water partition coefficient (Wildman–Crippen LogP) is 3.16. The fourth-order valence-electron chi connectivity index (χ4n) is 3.14. The average molecular weight is 467 g/mol. The first-order valence-electron chi connectivity index (χ1n) is 9.25. The summed E-state index contributed by atoms with van der Waals surface area (Å²) in [7, 11) is 0. The molecule has 0 amide bonds. The quantitative estimate of drug-likeness (QED) is 0.416. The third-order valence-corrected chi connectivity index (χ3v) is 4.79. The van der Waals surface area contributed by atoms with E-state index in [9.17, 15) is 0 Å². The molecule has 2 aromatic rings. The molecule has 8 heteroatoms. The summed E-state index contributed by atoms with van der Waals surface area (Å²) in [6.45, 7) is 3.52. The largest absolute Gasteiger partial charge is 0.343 e. The monoisotopic (exact) mass is 467 g/mol. The molecular formula is C18H26IN7. The van der Waals surface area contributed by atoms with E-state index in [1.165, 1.54) is 32.1 Å². The van der Waals surface area contributed by atoms with Crippen LogP contribution in [0.5, 0.6) is 0 Å². The number of piperidine rings is 1. The number of likely N-dealkylation sites (tertiary alicyclic amines) is 1. The van der Waals surface area contributed by atoms with E-state index in [0.717, 1.165) is 43.0 Å². The molecule has 2 aliphatic rings. The fraction of sp³-hybridized carbons (Fsp3) is 0.556. The molecule has 0 atom stereocenters. The Labute approximate surface area is 171 Å². The van der Waals surface area contributed by atoms with Crippen molar-refractivity contribution in [2.24, 2.45) is 10.9 Å². The van der Waals surface area contributed by atoms with Gasteiger partial charge in [0.05, 0.1) is 0 Å². The van der Waals surface area contributed by atoms with Crippen molar-refractivity contribution in [3.63, 3.8) is 0 Å². The second kappa shape index (κ2) is 9.29. The topological polar surface area (TPSA) is 71.2 Å². The van der Waals surface area contributed by atoms with Crippen LogP contribution in [0.15, 0.2) is 35.3 Å². The Kier molecular flexibility index (Phi) is 6.81. The minimum absolute atomic E-state index is 0. The van der Waals surface area contributed by atoms with Crippen LogP contribution in [0.2, 0.25) is 0 Å². The molecule has 1 aliphatic carbocycles. The summed E-state index contributed by atoms with van der Waals surface area (Å²) in [4.78, 5) is 7.18. The summed E-state index contributed by atoms with van der Waals surface area (Å²) in [5.74, 6) is 2.51. The van der Waals surface area contributed by atoms with Gasteiger partial charge >= 0.3 is 0 Å². The van der Waals surface area contributed by atoms with E-state index in [1.807, 2.05) is 22.9 Å². The first kappa shape index (κ1) is 19.1. The van der Waals surface area contributed by atoms with Gasteiger partial charge in [0.2, 0.25) is 0 Å². The maximum Gasteiger partial charge on any atom is 0.198 e. The molecule has 1 aliphatic heterocycles. The molecule has 140 valence electrons. The Hall–Kier alpha value is -1.71. The van der Waals surface area contributed by atoms with Crippen molar-refractivity contribution in [3.8, 4) is 0 Å². The van der Waals surface area contributed by atoms with E-state index < -0.39 is 0 Å². The van der Waals surface area contributed by atoms with Crippen LogP contribution in [0.4, 0.5) is 5.69 Å². The number of guanidine groups is 1. The van der Waals surface area contributed by atoms with E-state index in [0.29, 0.717) is 6.54 Å². The summed E-state index contributed by atoms with van der Waals surface area (Å²) in [6, 6.07) is 10.2. The highest BCUT2D eigenvalue weighted by Gasteiger charge is 2.24. The molecule has 26 heavy (non-hydrogen) atoms. The third kappa shape index (κ3) is 5.15. The van der Waals surface area contributed by atoms with E-state index in [-0.39, 0.29) is 24.0 Å². The maximum absolute atomic E-state index is 4.84. The van der Waals surface area contributed by atoms with E-state index in [1.54, 1.807) is 0 Å². The molecule has 7 nitrogen and oxygen atoms in total. The molecule has 1 saturated heterocycles. The number of anilines is 1. The molecule has 1 N–H and O–H groups in total. The summed E-state index contributed by atoms with van der Waals surface area (Å²) < 4.78 is 1.91. The van der Waals surface area contributed by atoms with Crippen LogP contribution in [0.25, 0.3) is 0 Å². The lowest BCUT2D eigenvalue weighted by Crippen LogP contribution is -2.40. The van der Waals surface area contributed by atoms with Crippen molar-refractivity contribution < 1.29 is 0 Å². The summed E-state index contributed by atoms with van der Waals surface area (Å²) in [5.41, 5.74) is 1.06. The number of nitrogens with zero attached hydrogens (tertiary/aromatic N) is 6. The van der Waals surface area contributed by atoms with Crippen LogP contribution in [0.1, 0.15) is 37.9 Å². The van der Waals surface area contributed by atoms with E-state index >= 15 is 0 Å². The zero-order valence-corrected chi connectivity index (χ0v) is 17.2. The molecule has 0 radical (unpaired) electrons. The number of para-hydroxylation sites is 1. The smallest absolute Gasteiger partial charge is 0.198 e. The van der Waals surface area contributed by atoms with Gasteiger partial charge in [-0.05, 0) is 60.6 Å². The highest BCUT2D eigenvalue weighted by molar-refractivity contribution is 14.0. The molecule has 0 bridgehead atoms. The molecule has 0 unspecified atom stereocenters. The van der Waals surface area contributed by atoms with E-state index in [2.05, 4.69) is 37.9 Å². The molecule has 4 rings (SSSR count). The van der Waals surface area contributed by atoms with Gasteiger partial charge in [-0.3, -0.25) is 0 Å². The predicted molar refractivity (Wildman–Crippen MR) is 113 cm³/mol. The van der Waals surface area contributed by atoms with Crippen LogP contribution in [0.3, 0.4) is 0 Å². The molecule has 1 aromatic heterocycles. The molecule has 1 aromatic carbocycles. The Morgan fingerprint density at radius 3 is 2.62 bits per heavy atom. The molecule has 2 fully saturated rings. The van der Waals surface area contributed by atoms with Gasteiger partial charge in [0, 0.05) is 25.3 Å². The van der Waals surface area contributed by atoms with Crippen molar-refractivity contribution in [2.45, 2.75) is 45.2 Å². The van der Waals surface area contributed by atoms with Gasteiger partial charge in [-0.2, -0.15) is 0 Å². The number of benzene rings is 1. The highest BCUT2D eigenvalue weighted by Crippen LogP contribution is 2.30. The van der Waals surface area contributed by atoms with Gasteiger partial charge in [0.25, 0.3) is 0 Å². The first-order valence-corrected chi connectivity index (χ1v) is 9.25. The van der Waals surface area contributed by atoms with Gasteiger partial charge in [0.1, 0.15) is 6.54 Å². The number of halogens is 1. The lowest BCUT2D eigenvalue weighted by atomic mass is 10.1. The zero-order chi connectivity index (χ0) is 16.9. The second-order valence-electron chi connectivity index (χ2n) is 6.90. The molecular weight excluding hydrogens is 441 g/mol. The van der Waals surface area contributed by atoms with Gasteiger partial charge in [-0.1, -0.05) is 18.2 Å². The number of rotatable bonds is 5. The van der Waals surface area contributed by atoms with Crippen LogP contribution < -0.4 is 5.32 Å². The normalized spacial score (nSPS) is 17.7. The number of tetrazole rings is 1. The van der Waals surface area contributed by atoms with Crippen molar-refractivity contribution >= 4 is 35.6 Å². The van der Waals surface area contributed by atoms with Crippen molar-refractivity contribution in [3.05, 3.63) is 36.2 Å². The summed E-state index contributed by atoms with van der Waals surface area (Å²) in [6.07, 6.45) is 6.31. The standard InChI is InChI=1S/C18H25N7.HI/c1-3-7-16(8-4-1)20-18(24-11-5-2-6-12-24)19-13-17-21-22-23-25(17)14-15-9-10-15;/h1,3-4,7-8,15H,2,5-6,9-14H2,(H,19,20);1H. The minimum Gasteiger partial charge on any atom is -0.343 e. The molecule has 2 heterocycles. The van der Waals surface area contributed by atoms with E-state index in [4.69, 9.17) is 4.99 Å². The van der Waals surface area contributed by atoms with Crippen LogP contribution >= 0.6 is 24.0 Å². The first-order chi connectivity index (χ1) is 12.4. The number of hydrogen-bond acceptors (Lipinski definition) is 4. The highest BCUT2D eigenvalue weighted by atomic mass is 127. The molecule has 1 saturated carbocycles. The lowest BCUT2D eigenvalue weighted by molar-refractivity contribution is 0.340. The second-order valence-corrected chi connectivity index (χ2v) is 6.90. The molecule has 0 spiro atoms. The average Bonchev–Trinajstić information content (AvgIpc) is 3.37. The minimum atomic E-state index is 0. The van der Waals surface area contributed by atoms with Crippen molar-refractivity contribution in [2.75, 3.05) is 18.4 Å². The number of nitrogens with one attached hydrogen (secondary N) is 1. The number of aliphatic imine (C=N–C) groups is 1. The zero-order valence-electron chi connectivity index (χ0n) is 14.9. The summed E-state index contributed by atoms with van der Waals surface area (Å²) >= 11 is 0. The maximum atomic E-state index is 4.84. The van der Waals surface area contributed by atoms with Gasteiger partial charge in [0.15, 0.2) is 11.8 Å². The Bertz CT molecular complexity index is 705. The lowest BCUT2D eigenvalue weighted by Gasteiger charge is -2.30. The Morgan fingerprint density at radius 1 is 1.12 bits per heavy atom.